The van der Waals surface area contributed by atoms with Gasteiger partial charge >= 0.3 is 35.8 Å². The molecule has 0 aromatic heterocycles. The maximum absolute atomic E-state index is 13.7. The normalized spacial score (nSPS) is 56.0. The van der Waals surface area contributed by atoms with Crippen molar-refractivity contribution in [3.8, 4) is 0 Å². The molecule has 9 aliphatic heterocycles. The molecule has 0 aromatic carbocycles. The number of aliphatic hydroxyl groups is 1. The van der Waals surface area contributed by atoms with Crippen molar-refractivity contribution in [1.82, 2.24) is 0 Å². The summed E-state index contributed by atoms with van der Waals surface area (Å²) >= 11 is 0. The van der Waals surface area contributed by atoms with E-state index in [2.05, 4.69) is 6.92 Å². The smallest absolute Gasteiger partial charge is 0.317 e. The van der Waals surface area contributed by atoms with E-state index < -0.39 is 77.6 Å². The number of esters is 4. The molecule has 13 rings (SSSR count). The minimum atomic E-state index is -1.22. The van der Waals surface area contributed by atoms with Gasteiger partial charge in [-0.05, 0) is 149 Å². The highest BCUT2D eigenvalue weighted by Crippen LogP contribution is 2.73. The van der Waals surface area contributed by atoms with Gasteiger partial charge in [-0.15, -0.1) is 0 Å². The molecule has 67 heavy (non-hydrogen) atoms. The number of hydrogen-bond acceptors (Lipinski definition) is 14. The van der Waals surface area contributed by atoms with Crippen molar-refractivity contribution in [2.75, 3.05) is 13.2 Å². The summed E-state index contributed by atoms with van der Waals surface area (Å²) in [4.78, 5) is 78.8. The number of ether oxygens (including phenoxy) is 7. The zero-order valence-corrected chi connectivity index (χ0v) is 38.8. The quantitative estimate of drug-likeness (QED) is 0.144. The molecule has 9 heterocycles. The lowest BCUT2D eigenvalue weighted by Gasteiger charge is -2.47. The van der Waals surface area contributed by atoms with E-state index in [1.807, 2.05) is 20.8 Å². The number of aliphatic hydroxyl groups excluding tert-OH is 1. The molecular weight excluding hydrogens is 869 g/mol. The fourth-order valence-corrected chi connectivity index (χ4v) is 19.7. The molecule has 0 radical (unpaired) electrons. The molecule has 4 saturated carbocycles. The van der Waals surface area contributed by atoms with Gasteiger partial charge in [0.25, 0.3) is 0 Å². The summed E-state index contributed by atoms with van der Waals surface area (Å²) in [5.41, 5.74) is -0.558. The molecule has 13 fully saturated rings. The van der Waals surface area contributed by atoms with Crippen LogP contribution < -0.4 is 0 Å². The maximum Gasteiger partial charge on any atom is 0.317 e. The molecule has 0 amide bonds. The zero-order valence-electron chi connectivity index (χ0n) is 38.8. The van der Waals surface area contributed by atoms with Gasteiger partial charge in [0, 0.05) is 11.8 Å². The van der Waals surface area contributed by atoms with E-state index in [1.165, 1.54) is 0 Å². The number of carboxylic acids is 2. The van der Waals surface area contributed by atoms with Crippen LogP contribution in [0, 0.1) is 130 Å². The SMILES string of the molecule is CC1C(=O)OC(=O)C1CC1C(CC2C(CC3C(C)C4OC3C3C5CC(CC5C(=O)OC(C)(C)C)C43)C3OC2C2C4CC(CC4C(=O)OCCO)C32)C2OC1C1C3OC(C(C(=O)O)C3C(=O)O)C21. The van der Waals surface area contributed by atoms with E-state index in [0.29, 0.717) is 48.3 Å². The topological polar surface area (TPSA) is 228 Å². The Bertz CT molecular complexity index is 2150. The fraction of sp³-hybridized carbons (Fsp3) is 0.882. The molecule has 4 aliphatic carbocycles. The number of rotatable bonds is 12. The number of fused-ring (bicyclic) bond motifs is 27. The number of cyclic esters (lactones) is 2. The number of carbonyl (C=O) groups is 6. The number of carbonyl (C=O) groups excluding carboxylic acids is 4. The monoisotopic (exact) mass is 934 g/mol. The van der Waals surface area contributed by atoms with E-state index in [-0.39, 0.29) is 121 Å². The van der Waals surface area contributed by atoms with Crippen LogP contribution >= 0.6 is 0 Å². The van der Waals surface area contributed by atoms with Crippen molar-refractivity contribution in [3.05, 3.63) is 0 Å². The van der Waals surface area contributed by atoms with Gasteiger partial charge in [-0.2, -0.15) is 0 Å². The van der Waals surface area contributed by atoms with E-state index in [0.717, 1.165) is 32.1 Å². The van der Waals surface area contributed by atoms with Crippen LogP contribution in [0.15, 0.2) is 0 Å². The van der Waals surface area contributed by atoms with Gasteiger partial charge in [0.2, 0.25) is 0 Å². The summed E-state index contributed by atoms with van der Waals surface area (Å²) in [6.07, 6.45) is 2.81. The second-order valence-corrected chi connectivity index (χ2v) is 24.9. The lowest BCUT2D eigenvalue weighted by molar-refractivity contribution is -0.164. The average molecular weight is 935 g/mol. The number of aliphatic carboxylic acids is 2. The Hall–Kier alpha value is -3.18. The van der Waals surface area contributed by atoms with Crippen LogP contribution in [0.5, 0.6) is 0 Å². The van der Waals surface area contributed by atoms with Crippen LogP contribution in [0.1, 0.15) is 79.6 Å². The van der Waals surface area contributed by atoms with E-state index in [1.54, 1.807) is 6.92 Å². The first-order chi connectivity index (χ1) is 31.9. The van der Waals surface area contributed by atoms with Crippen molar-refractivity contribution in [1.29, 1.82) is 0 Å². The van der Waals surface area contributed by atoms with Crippen LogP contribution in [-0.2, 0) is 61.9 Å². The fourth-order valence-electron chi connectivity index (χ4n) is 19.7. The third-order valence-electron chi connectivity index (χ3n) is 21.5. The summed E-state index contributed by atoms with van der Waals surface area (Å²) in [6.45, 7) is 9.59. The van der Waals surface area contributed by atoms with Crippen LogP contribution in [0.2, 0.25) is 0 Å². The highest BCUT2D eigenvalue weighted by atomic mass is 16.6. The number of hydrogen-bond donors (Lipinski definition) is 3. The first-order valence-corrected chi connectivity index (χ1v) is 25.8. The van der Waals surface area contributed by atoms with Gasteiger partial charge in [0.15, 0.2) is 0 Å². The molecule has 30 unspecified atom stereocenters. The first kappa shape index (κ1) is 43.8. The second kappa shape index (κ2) is 14.9. The summed E-state index contributed by atoms with van der Waals surface area (Å²) < 4.78 is 44.5. The van der Waals surface area contributed by atoms with Crippen LogP contribution in [-0.4, -0.2) is 119 Å². The summed E-state index contributed by atoms with van der Waals surface area (Å²) in [6, 6.07) is 0. The Kier molecular flexibility index (Phi) is 9.76. The molecule has 30 atom stereocenters. The second-order valence-electron chi connectivity index (χ2n) is 24.9. The Morgan fingerprint density at radius 1 is 0.582 bits per heavy atom. The zero-order chi connectivity index (χ0) is 46.6. The average Bonchev–Trinajstić information content (AvgIpc) is 4.10. The lowest BCUT2D eigenvalue weighted by Crippen LogP contribution is -2.54. The molecule has 13 aliphatic rings. The molecule has 12 bridgehead atoms. The lowest BCUT2D eigenvalue weighted by atomic mass is 9.53. The minimum absolute atomic E-state index is 0.0274. The summed E-state index contributed by atoms with van der Waals surface area (Å²) in [5, 5.41) is 30.3. The van der Waals surface area contributed by atoms with Gasteiger partial charge in [-0.25, -0.2) is 0 Å². The van der Waals surface area contributed by atoms with Crippen molar-refractivity contribution in [2.45, 2.75) is 134 Å². The largest absolute Gasteiger partial charge is 0.481 e. The van der Waals surface area contributed by atoms with Gasteiger partial charge in [-0.1, -0.05) is 13.8 Å². The molecule has 3 N–H and O–H groups in total. The van der Waals surface area contributed by atoms with Gasteiger partial charge in [0.1, 0.15) is 12.2 Å². The molecule has 0 spiro atoms. The summed E-state index contributed by atoms with van der Waals surface area (Å²) in [7, 11) is 0. The molecule has 9 saturated heterocycles. The van der Waals surface area contributed by atoms with Crippen LogP contribution in [0.3, 0.4) is 0 Å². The van der Waals surface area contributed by atoms with Crippen LogP contribution in [0.25, 0.3) is 0 Å². The van der Waals surface area contributed by atoms with Crippen molar-refractivity contribution >= 4 is 35.8 Å². The minimum Gasteiger partial charge on any atom is -0.481 e. The van der Waals surface area contributed by atoms with Crippen molar-refractivity contribution in [3.63, 3.8) is 0 Å². The first-order valence-electron chi connectivity index (χ1n) is 25.8. The van der Waals surface area contributed by atoms with E-state index >= 15 is 0 Å². The maximum atomic E-state index is 13.7. The molecule has 16 heteroatoms. The third-order valence-corrected chi connectivity index (χ3v) is 21.5. The highest BCUT2D eigenvalue weighted by Gasteiger charge is 2.77. The van der Waals surface area contributed by atoms with E-state index in [4.69, 9.17) is 33.2 Å². The third kappa shape index (κ3) is 5.94. The Labute approximate surface area is 389 Å². The molecule has 0 aromatic rings. The molecule has 16 nitrogen and oxygen atoms in total. The Morgan fingerprint density at radius 3 is 1.57 bits per heavy atom. The Balaban J connectivity index is 0.836. The standard InChI is InChI=1S/C51H66O16/c1-15-19(38-31-22-8-17(29(31)37(15)62-38)11-28(22)50(60)67-51(3,4)5)12-23-25(40-32-21-9-18(30(32)39(23)63-40)10-27(21)48(58)61-7-6-52)14-26-24(13-20-16(2)47(57)66-49(20)59)41-33-34(42(26)64-41)44-36(46(55)56)35(45(53)54)43(33)65-44/h15-44,52H,6-14H2,1-5H3,(H,53,54)(H,55,56). The van der Waals surface area contributed by atoms with Crippen molar-refractivity contribution < 1.29 is 77.2 Å². The predicted molar refractivity (Wildman–Crippen MR) is 225 cm³/mol. The highest BCUT2D eigenvalue weighted by molar-refractivity contribution is 5.96. The predicted octanol–water partition coefficient (Wildman–Crippen LogP) is 3.62. The number of carboxylic acid groups (broad SMARTS) is 2. The summed E-state index contributed by atoms with van der Waals surface area (Å²) in [5.74, 6) is -6.14. The van der Waals surface area contributed by atoms with Crippen molar-refractivity contribution in [2.24, 2.45) is 130 Å². The Morgan fingerprint density at radius 2 is 1.04 bits per heavy atom. The van der Waals surface area contributed by atoms with E-state index in [9.17, 15) is 44.1 Å². The van der Waals surface area contributed by atoms with Gasteiger partial charge in [0.05, 0.1) is 90.9 Å². The van der Waals surface area contributed by atoms with Gasteiger partial charge in [-0.3, -0.25) is 28.8 Å². The molecule has 366 valence electrons. The molecular formula is C51H66O16. The van der Waals surface area contributed by atoms with Crippen LogP contribution in [0.4, 0.5) is 0 Å². The van der Waals surface area contributed by atoms with Gasteiger partial charge < -0.3 is 48.5 Å².